The predicted octanol–water partition coefficient (Wildman–Crippen LogP) is 2.52. The van der Waals surface area contributed by atoms with Crippen LogP contribution in [0.1, 0.15) is 12.8 Å². The van der Waals surface area contributed by atoms with Gasteiger partial charge in [-0.2, -0.15) is 0 Å². The van der Waals surface area contributed by atoms with Crippen molar-refractivity contribution < 1.29 is 9.53 Å². The van der Waals surface area contributed by atoms with Crippen LogP contribution >= 0.6 is 15.9 Å². The van der Waals surface area contributed by atoms with E-state index in [2.05, 4.69) is 45.1 Å². The molecule has 0 unspecified atom stereocenters. The fourth-order valence-electron chi connectivity index (χ4n) is 3.04. The van der Waals surface area contributed by atoms with Gasteiger partial charge in [0.1, 0.15) is 0 Å². The van der Waals surface area contributed by atoms with Gasteiger partial charge in [-0.25, -0.2) is 0 Å². The van der Waals surface area contributed by atoms with Gasteiger partial charge in [0.15, 0.2) is 0 Å². The molecule has 1 aromatic rings. The average molecular weight is 353 g/mol. The molecule has 0 radical (unpaired) electrons. The number of nitrogens with zero attached hydrogens (tertiary/aromatic N) is 2. The maximum absolute atomic E-state index is 12.5. The van der Waals surface area contributed by atoms with Crippen LogP contribution in [0.4, 0.5) is 5.69 Å². The van der Waals surface area contributed by atoms with E-state index in [-0.39, 0.29) is 5.92 Å². The topological polar surface area (TPSA) is 32.8 Å². The van der Waals surface area contributed by atoms with Crippen molar-refractivity contribution in [2.75, 3.05) is 44.3 Å². The number of hydrogen-bond donors (Lipinski definition) is 0. The summed E-state index contributed by atoms with van der Waals surface area (Å²) < 4.78 is 6.44. The molecular formula is C16H21BrN2O2. The van der Waals surface area contributed by atoms with Gasteiger partial charge in [-0.15, -0.1) is 0 Å². The Morgan fingerprint density at radius 3 is 2.29 bits per heavy atom. The fourth-order valence-corrected chi connectivity index (χ4v) is 3.30. The van der Waals surface area contributed by atoms with Gasteiger partial charge in [0.25, 0.3) is 0 Å². The summed E-state index contributed by atoms with van der Waals surface area (Å²) in [5, 5.41) is 0. The van der Waals surface area contributed by atoms with Gasteiger partial charge in [0, 0.05) is 55.5 Å². The molecule has 2 aliphatic rings. The van der Waals surface area contributed by atoms with Crippen molar-refractivity contribution in [3.05, 3.63) is 28.7 Å². The van der Waals surface area contributed by atoms with Crippen LogP contribution in [0.3, 0.4) is 0 Å². The maximum Gasteiger partial charge on any atom is 0.225 e. The third-order valence-corrected chi connectivity index (χ3v) is 4.88. The molecule has 114 valence electrons. The van der Waals surface area contributed by atoms with Crippen LogP contribution in [0.5, 0.6) is 0 Å². The molecule has 2 heterocycles. The first-order chi connectivity index (χ1) is 10.2. The number of piperazine rings is 1. The van der Waals surface area contributed by atoms with E-state index in [1.165, 1.54) is 5.69 Å². The van der Waals surface area contributed by atoms with Crippen molar-refractivity contribution in [1.29, 1.82) is 0 Å². The van der Waals surface area contributed by atoms with E-state index >= 15 is 0 Å². The smallest absolute Gasteiger partial charge is 0.225 e. The van der Waals surface area contributed by atoms with Crippen LogP contribution < -0.4 is 4.90 Å². The molecule has 2 saturated heterocycles. The molecule has 0 N–H and O–H groups in total. The first kappa shape index (κ1) is 14.9. The fraction of sp³-hybridized carbons (Fsp3) is 0.562. The molecule has 0 atom stereocenters. The first-order valence-electron chi connectivity index (χ1n) is 7.61. The number of carbonyl (C=O) groups excluding carboxylic acids is 1. The molecule has 1 amide bonds. The van der Waals surface area contributed by atoms with E-state index in [1.807, 2.05) is 4.90 Å². The Hall–Kier alpha value is -1.07. The van der Waals surface area contributed by atoms with Gasteiger partial charge in [0.2, 0.25) is 5.91 Å². The Bertz CT molecular complexity index is 478. The summed E-state index contributed by atoms with van der Waals surface area (Å²) >= 11 is 3.46. The number of rotatable bonds is 2. The Morgan fingerprint density at radius 2 is 1.67 bits per heavy atom. The quantitative estimate of drug-likeness (QED) is 0.819. The van der Waals surface area contributed by atoms with Crippen molar-refractivity contribution in [2.45, 2.75) is 12.8 Å². The van der Waals surface area contributed by atoms with Gasteiger partial charge in [0.05, 0.1) is 0 Å². The van der Waals surface area contributed by atoms with Crippen molar-refractivity contribution in [2.24, 2.45) is 5.92 Å². The van der Waals surface area contributed by atoms with Gasteiger partial charge in [-0.1, -0.05) is 15.9 Å². The van der Waals surface area contributed by atoms with E-state index < -0.39 is 0 Å². The molecule has 0 aromatic heterocycles. The molecule has 5 heteroatoms. The number of halogens is 1. The maximum atomic E-state index is 12.5. The minimum absolute atomic E-state index is 0.179. The monoisotopic (exact) mass is 352 g/mol. The lowest BCUT2D eigenvalue weighted by atomic mass is 9.98. The highest BCUT2D eigenvalue weighted by Gasteiger charge is 2.28. The highest BCUT2D eigenvalue weighted by Crippen LogP contribution is 2.22. The highest BCUT2D eigenvalue weighted by molar-refractivity contribution is 9.10. The number of hydrogen-bond acceptors (Lipinski definition) is 3. The standard InChI is InChI=1S/C16H21BrN2O2/c17-14-1-3-15(4-2-14)18-7-9-19(10-8-18)16(20)13-5-11-21-12-6-13/h1-4,13H,5-12H2. The third kappa shape index (κ3) is 3.58. The summed E-state index contributed by atoms with van der Waals surface area (Å²) in [4.78, 5) is 16.9. The lowest BCUT2D eigenvalue weighted by molar-refractivity contribution is -0.138. The number of amides is 1. The van der Waals surface area contributed by atoms with Gasteiger partial charge >= 0.3 is 0 Å². The van der Waals surface area contributed by atoms with Crippen LogP contribution in [0, 0.1) is 5.92 Å². The van der Waals surface area contributed by atoms with Crippen LogP contribution in [-0.4, -0.2) is 50.2 Å². The van der Waals surface area contributed by atoms with Crippen molar-refractivity contribution in [3.63, 3.8) is 0 Å². The summed E-state index contributed by atoms with van der Waals surface area (Å²) in [5.41, 5.74) is 1.23. The number of benzene rings is 1. The second kappa shape index (κ2) is 6.79. The van der Waals surface area contributed by atoms with E-state index in [9.17, 15) is 4.79 Å². The zero-order chi connectivity index (χ0) is 14.7. The summed E-state index contributed by atoms with van der Waals surface area (Å²) in [7, 11) is 0. The second-order valence-corrected chi connectivity index (χ2v) is 6.59. The van der Waals surface area contributed by atoms with Crippen molar-refractivity contribution in [3.8, 4) is 0 Å². The molecular weight excluding hydrogens is 332 g/mol. The number of anilines is 1. The minimum atomic E-state index is 0.179. The first-order valence-corrected chi connectivity index (χ1v) is 8.40. The Morgan fingerprint density at radius 1 is 1.05 bits per heavy atom. The van der Waals surface area contributed by atoms with Crippen LogP contribution in [-0.2, 0) is 9.53 Å². The summed E-state index contributed by atoms with van der Waals surface area (Å²) in [5.74, 6) is 0.506. The Labute approximate surface area is 134 Å². The number of ether oxygens (including phenoxy) is 1. The Balaban J connectivity index is 1.54. The molecule has 21 heavy (non-hydrogen) atoms. The minimum Gasteiger partial charge on any atom is -0.381 e. The van der Waals surface area contributed by atoms with E-state index in [4.69, 9.17) is 4.74 Å². The van der Waals surface area contributed by atoms with Crippen LogP contribution in [0.25, 0.3) is 0 Å². The highest BCUT2D eigenvalue weighted by atomic mass is 79.9. The predicted molar refractivity (Wildman–Crippen MR) is 86.5 cm³/mol. The SMILES string of the molecule is O=C(C1CCOCC1)N1CCN(c2ccc(Br)cc2)CC1. The van der Waals surface area contributed by atoms with E-state index in [0.29, 0.717) is 5.91 Å². The molecule has 2 aliphatic heterocycles. The molecule has 2 fully saturated rings. The zero-order valence-electron chi connectivity index (χ0n) is 12.1. The molecule has 0 saturated carbocycles. The molecule has 4 nitrogen and oxygen atoms in total. The summed E-state index contributed by atoms with van der Waals surface area (Å²) in [6.45, 7) is 4.94. The van der Waals surface area contributed by atoms with E-state index in [1.54, 1.807) is 0 Å². The largest absolute Gasteiger partial charge is 0.381 e. The summed E-state index contributed by atoms with van der Waals surface area (Å²) in [6.07, 6.45) is 1.76. The van der Waals surface area contributed by atoms with Crippen LogP contribution in [0.2, 0.25) is 0 Å². The molecule has 1 aromatic carbocycles. The van der Waals surface area contributed by atoms with Crippen molar-refractivity contribution in [1.82, 2.24) is 4.90 Å². The van der Waals surface area contributed by atoms with Crippen LogP contribution in [0.15, 0.2) is 28.7 Å². The normalized spacial score (nSPS) is 20.6. The molecule has 3 rings (SSSR count). The van der Waals surface area contributed by atoms with Crippen molar-refractivity contribution >= 4 is 27.5 Å². The Kier molecular flexibility index (Phi) is 4.80. The molecule has 0 spiro atoms. The summed E-state index contributed by atoms with van der Waals surface area (Å²) in [6, 6.07) is 8.38. The van der Waals surface area contributed by atoms with Gasteiger partial charge in [-0.3, -0.25) is 4.79 Å². The zero-order valence-corrected chi connectivity index (χ0v) is 13.7. The van der Waals surface area contributed by atoms with Gasteiger partial charge in [-0.05, 0) is 37.1 Å². The second-order valence-electron chi connectivity index (χ2n) is 5.68. The van der Waals surface area contributed by atoms with E-state index in [0.717, 1.165) is 56.7 Å². The third-order valence-electron chi connectivity index (χ3n) is 4.35. The molecule has 0 bridgehead atoms. The lowest BCUT2D eigenvalue weighted by Crippen LogP contribution is -2.51. The average Bonchev–Trinajstić information content (AvgIpc) is 2.56. The number of carbonyl (C=O) groups is 1. The lowest BCUT2D eigenvalue weighted by Gasteiger charge is -2.38. The molecule has 0 aliphatic carbocycles. The van der Waals surface area contributed by atoms with Gasteiger partial charge < -0.3 is 14.5 Å².